The van der Waals surface area contributed by atoms with Crippen molar-refractivity contribution in [1.82, 2.24) is 14.7 Å². The Bertz CT molecular complexity index is 1240. The van der Waals surface area contributed by atoms with Crippen LogP contribution in [0.3, 0.4) is 0 Å². The van der Waals surface area contributed by atoms with Gasteiger partial charge in [0.05, 0.1) is 25.2 Å². The number of likely N-dealkylation sites (tertiary alicyclic amines) is 1. The zero-order valence-electron chi connectivity index (χ0n) is 27.7. The normalized spacial score (nSPS) is 29.3. The van der Waals surface area contributed by atoms with Crippen LogP contribution in [0, 0.1) is 11.8 Å². The van der Waals surface area contributed by atoms with Crippen molar-refractivity contribution in [1.29, 1.82) is 0 Å². The van der Waals surface area contributed by atoms with Gasteiger partial charge in [-0.3, -0.25) is 4.79 Å². The highest BCUT2D eigenvalue weighted by molar-refractivity contribution is 5.71. The first-order chi connectivity index (χ1) is 22.0. The van der Waals surface area contributed by atoms with E-state index in [1.807, 2.05) is 70.3 Å². The molecule has 0 bridgehead atoms. The smallest absolute Gasteiger partial charge is 0.410 e. The van der Waals surface area contributed by atoms with Gasteiger partial charge in [-0.2, -0.15) is 0 Å². The molecule has 0 aliphatic carbocycles. The Labute approximate surface area is 272 Å². The van der Waals surface area contributed by atoms with Crippen LogP contribution in [-0.2, 0) is 25.6 Å². The van der Waals surface area contributed by atoms with Gasteiger partial charge in [-0.05, 0) is 74.4 Å². The van der Waals surface area contributed by atoms with Crippen LogP contribution in [-0.4, -0.2) is 114 Å². The van der Waals surface area contributed by atoms with Crippen LogP contribution in [0.2, 0.25) is 0 Å². The number of carbonyl (C=O) groups excluding carboxylic acids is 3. The number of ether oxygens (including phenoxy) is 3. The Kier molecular flexibility index (Phi) is 13.1. The van der Waals surface area contributed by atoms with Gasteiger partial charge in [0.1, 0.15) is 18.8 Å². The molecule has 3 aliphatic heterocycles. The number of aliphatic hydroxyl groups is 2. The second kappa shape index (κ2) is 16.9. The highest BCUT2D eigenvalue weighted by Crippen LogP contribution is 2.26. The fourth-order valence-electron chi connectivity index (χ4n) is 6.24. The number of esters is 1. The average molecular weight is 642 g/mol. The Morgan fingerprint density at radius 3 is 2.54 bits per heavy atom. The van der Waals surface area contributed by atoms with Crippen LogP contribution in [0.4, 0.5) is 9.59 Å². The van der Waals surface area contributed by atoms with Gasteiger partial charge in [-0.15, -0.1) is 0 Å². The zero-order valence-corrected chi connectivity index (χ0v) is 27.7. The van der Waals surface area contributed by atoms with Crippen LogP contribution < -0.4 is 0 Å². The van der Waals surface area contributed by atoms with Crippen LogP contribution in [0.25, 0.3) is 6.08 Å². The largest absolute Gasteiger partial charge is 0.457 e. The quantitative estimate of drug-likeness (QED) is 0.267. The predicted molar refractivity (Wildman–Crippen MR) is 174 cm³/mol. The van der Waals surface area contributed by atoms with E-state index < -0.39 is 30.4 Å². The summed E-state index contributed by atoms with van der Waals surface area (Å²) in [7, 11) is 2.03. The molecule has 0 saturated carbocycles. The summed E-state index contributed by atoms with van der Waals surface area (Å²) < 4.78 is 17.5. The minimum atomic E-state index is -0.861. The Hall–Kier alpha value is -3.41. The van der Waals surface area contributed by atoms with Gasteiger partial charge in [0.25, 0.3) is 0 Å². The van der Waals surface area contributed by atoms with E-state index in [0.717, 1.165) is 42.6 Å². The Balaban J connectivity index is 1.48. The first-order valence-corrected chi connectivity index (χ1v) is 16.6. The summed E-state index contributed by atoms with van der Waals surface area (Å²) in [5.41, 5.74) is 2.46. The molecule has 0 spiro atoms. The summed E-state index contributed by atoms with van der Waals surface area (Å²) in [6.07, 6.45) is 5.50. The molecular formula is C35H51N3O8. The number of nitrogens with zero attached hydrogens (tertiary/aromatic N) is 3. The number of cyclic esters (lactones) is 1. The van der Waals surface area contributed by atoms with Crippen molar-refractivity contribution >= 4 is 24.2 Å². The van der Waals surface area contributed by atoms with Crippen molar-refractivity contribution in [2.75, 3.05) is 46.4 Å². The summed E-state index contributed by atoms with van der Waals surface area (Å²) in [6.45, 7) is 9.26. The molecule has 2 amide bonds. The molecule has 11 heteroatoms. The van der Waals surface area contributed by atoms with E-state index in [0.29, 0.717) is 32.5 Å². The lowest BCUT2D eigenvalue weighted by atomic mass is 9.91. The summed E-state index contributed by atoms with van der Waals surface area (Å²) in [5.74, 6) is -0.782. The molecule has 11 nitrogen and oxygen atoms in total. The SMILES string of the molecule is C/C(=C\c1cccc(COC(=O)N2CCC[C@@H]2CO)c1)[C@H]1OC(=O)C[C@H](O)CC[C@H](C)[C@H](OC(=O)N2CCN(C)CC2)/C=C/[C@@H]1C. The number of benzene rings is 1. The molecule has 6 atom stereocenters. The molecule has 0 unspecified atom stereocenters. The molecule has 254 valence electrons. The number of carbonyl (C=O) groups is 3. The average Bonchev–Trinajstić information content (AvgIpc) is 3.52. The standard InChI is InChI=1S/C35H51N3O8/c1-24-10-12-30(40)21-32(41)46-33(25(2)11-13-31(24)45-34(42)37-17-15-36(4)16-18-37)26(3)19-27-7-5-8-28(20-27)23-44-35(43)38-14-6-9-29(38)22-39/h5,7-8,11,13,19-20,24-25,29-31,33,39-40H,6,9-10,12,14-18,21-23H2,1-4H3/b13-11+,26-19+/t24-,25-,29+,30+,31+,33-/m0/s1. The maximum absolute atomic E-state index is 13.0. The lowest BCUT2D eigenvalue weighted by Crippen LogP contribution is -2.48. The van der Waals surface area contributed by atoms with E-state index in [2.05, 4.69) is 4.90 Å². The molecule has 46 heavy (non-hydrogen) atoms. The van der Waals surface area contributed by atoms with Crippen molar-refractivity contribution < 1.29 is 38.8 Å². The fourth-order valence-corrected chi connectivity index (χ4v) is 6.24. The van der Waals surface area contributed by atoms with Crippen molar-refractivity contribution in [3.63, 3.8) is 0 Å². The van der Waals surface area contributed by atoms with Gasteiger partial charge in [0.2, 0.25) is 0 Å². The van der Waals surface area contributed by atoms with Crippen LogP contribution in [0.1, 0.15) is 64.0 Å². The molecule has 3 aliphatic rings. The molecular weight excluding hydrogens is 590 g/mol. The van der Waals surface area contributed by atoms with Crippen molar-refractivity contribution in [2.45, 2.75) is 83.8 Å². The van der Waals surface area contributed by atoms with Crippen molar-refractivity contribution in [3.05, 3.63) is 53.1 Å². The monoisotopic (exact) mass is 641 g/mol. The lowest BCUT2D eigenvalue weighted by Gasteiger charge is -2.33. The molecule has 2 saturated heterocycles. The van der Waals surface area contributed by atoms with E-state index in [1.165, 1.54) is 0 Å². The first kappa shape index (κ1) is 35.4. The van der Waals surface area contributed by atoms with Crippen LogP contribution in [0.5, 0.6) is 0 Å². The van der Waals surface area contributed by atoms with Gasteiger partial charge in [-0.1, -0.05) is 44.2 Å². The minimum absolute atomic E-state index is 0.0584. The highest BCUT2D eigenvalue weighted by Gasteiger charge is 2.30. The van der Waals surface area contributed by atoms with Gasteiger partial charge < -0.3 is 39.1 Å². The van der Waals surface area contributed by atoms with E-state index in [9.17, 15) is 24.6 Å². The summed E-state index contributed by atoms with van der Waals surface area (Å²) in [6, 6.07) is 7.40. The molecule has 0 radical (unpaired) electrons. The van der Waals surface area contributed by atoms with E-state index in [-0.39, 0.29) is 43.6 Å². The third kappa shape index (κ3) is 10.0. The third-order valence-electron chi connectivity index (χ3n) is 9.24. The zero-order chi connectivity index (χ0) is 33.2. The molecule has 1 aromatic rings. The molecule has 2 fully saturated rings. The van der Waals surface area contributed by atoms with Gasteiger partial charge in [0, 0.05) is 38.6 Å². The van der Waals surface area contributed by atoms with Gasteiger partial charge >= 0.3 is 18.2 Å². The van der Waals surface area contributed by atoms with Crippen molar-refractivity contribution in [2.24, 2.45) is 11.8 Å². The second-order valence-corrected chi connectivity index (χ2v) is 13.1. The maximum Gasteiger partial charge on any atom is 0.410 e. The van der Waals surface area contributed by atoms with Crippen molar-refractivity contribution in [3.8, 4) is 0 Å². The molecule has 1 aromatic carbocycles. The summed E-state index contributed by atoms with van der Waals surface area (Å²) in [4.78, 5) is 44.0. The molecule has 3 heterocycles. The Morgan fingerprint density at radius 2 is 1.80 bits per heavy atom. The number of likely N-dealkylation sites (N-methyl/N-ethyl adjacent to an activating group) is 1. The lowest BCUT2D eigenvalue weighted by molar-refractivity contribution is -0.151. The van der Waals surface area contributed by atoms with E-state index in [4.69, 9.17) is 14.2 Å². The molecule has 4 rings (SSSR count). The molecule has 0 aromatic heterocycles. The number of hydrogen-bond acceptors (Lipinski definition) is 9. The van der Waals surface area contributed by atoms with E-state index >= 15 is 0 Å². The number of amides is 2. The van der Waals surface area contributed by atoms with Gasteiger partial charge in [0.15, 0.2) is 0 Å². The van der Waals surface area contributed by atoms with E-state index in [1.54, 1.807) is 9.80 Å². The Morgan fingerprint density at radius 1 is 1.04 bits per heavy atom. The third-order valence-corrected chi connectivity index (χ3v) is 9.24. The minimum Gasteiger partial charge on any atom is -0.457 e. The van der Waals surface area contributed by atoms with Gasteiger partial charge in [-0.25, -0.2) is 9.59 Å². The first-order valence-electron chi connectivity index (χ1n) is 16.6. The van der Waals surface area contributed by atoms with Crippen LogP contribution in [0.15, 0.2) is 42.0 Å². The number of piperazine rings is 1. The number of aliphatic hydroxyl groups excluding tert-OH is 2. The molecule has 2 N–H and O–H groups in total. The number of rotatable bonds is 6. The predicted octanol–water partition coefficient (Wildman–Crippen LogP) is 4.22. The fraction of sp³-hybridized carbons (Fsp3) is 0.629. The summed E-state index contributed by atoms with van der Waals surface area (Å²) >= 11 is 0. The maximum atomic E-state index is 13.0. The second-order valence-electron chi connectivity index (χ2n) is 13.1. The topological polar surface area (TPSA) is 129 Å². The van der Waals surface area contributed by atoms with Crippen LogP contribution >= 0.6 is 0 Å². The number of hydrogen-bond donors (Lipinski definition) is 2. The summed E-state index contributed by atoms with van der Waals surface area (Å²) in [5, 5.41) is 20.1. The highest BCUT2D eigenvalue weighted by atomic mass is 16.6.